The van der Waals surface area contributed by atoms with E-state index in [-0.39, 0.29) is 0 Å². The molecule has 2 atom stereocenters. The van der Waals surface area contributed by atoms with Crippen LogP contribution in [0.1, 0.15) is 0 Å². The minimum atomic E-state index is -2.88. The van der Waals surface area contributed by atoms with E-state index in [1.807, 2.05) is 0 Å². The maximum Gasteiger partial charge on any atom is 0.349 e. The fourth-order valence-corrected chi connectivity index (χ4v) is 32.8. The van der Waals surface area contributed by atoms with Gasteiger partial charge >= 0.3 is 8.56 Å². The van der Waals surface area contributed by atoms with E-state index in [0.29, 0.717) is 0 Å². The van der Waals surface area contributed by atoms with Crippen molar-refractivity contribution in [3.8, 4) is 0 Å². The Morgan fingerprint density at radius 2 is 0.596 bits per heavy atom. The summed E-state index contributed by atoms with van der Waals surface area (Å²) in [5.41, 5.74) is 0. The van der Waals surface area contributed by atoms with Gasteiger partial charge < -0.3 is 16.5 Å². The van der Waals surface area contributed by atoms with E-state index in [1.165, 1.54) is 36.3 Å². The fraction of sp³-hybridized carbons (Fsp3) is 0.268. The van der Waals surface area contributed by atoms with Crippen molar-refractivity contribution in [1.82, 2.24) is 0 Å². The predicted octanol–water partition coefficient (Wildman–Crippen LogP) is 5.60. The second-order valence-corrected chi connectivity index (χ2v) is 40.3. The molecular weight excluding hydrogens is 753 g/mol. The van der Waals surface area contributed by atoms with Crippen molar-refractivity contribution >= 4 is 96.2 Å². The van der Waals surface area contributed by atoms with Crippen LogP contribution in [0.25, 0.3) is 0 Å². The number of hydrogen-bond donors (Lipinski definition) is 0. The van der Waals surface area contributed by atoms with Gasteiger partial charge in [0.05, 0.1) is 0 Å². The van der Waals surface area contributed by atoms with Crippen molar-refractivity contribution in [3.63, 3.8) is 0 Å². The van der Waals surface area contributed by atoms with Gasteiger partial charge in [-0.3, -0.25) is 0 Å². The molecule has 0 bridgehead atoms. The van der Waals surface area contributed by atoms with Crippen LogP contribution in [0.3, 0.4) is 0 Å². The summed E-state index contributed by atoms with van der Waals surface area (Å²) in [5.74, 6) is 0. The van der Waals surface area contributed by atoms with Crippen molar-refractivity contribution in [2.75, 3.05) is 0 Å². The van der Waals surface area contributed by atoms with E-state index in [2.05, 4.69) is 212 Å². The number of hydrogen-bond acceptors (Lipinski definition) is 4. The van der Waals surface area contributed by atoms with Crippen LogP contribution >= 0.6 is 0 Å². The molecule has 5 aromatic carbocycles. The Balaban J connectivity index is 1.35. The molecule has 0 aliphatic carbocycles. The highest BCUT2D eigenvalue weighted by molar-refractivity contribution is 7.00. The Morgan fingerprint density at radius 1 is 0.327 bits per heavy atom. The summed E-state index contributed by atoms with van der Waals surface area (Å²) in [6.45, 7) is 25.4. The first kappa shape index (κ1) is 40.6. The van der Waals surface area contributed by atoms with Gasteiger partial charge in [-0.2, -0.15) is 0 Å². The molecule has 0 amide bonds. The molecule has 0 aromatic heterocycles. The summed E-state index contributed by atoms with van der Waals surface area (Å²) in [6, 6.07) is 50.5. The van der Waals surface area contributed by atoms with Gasteiger partial charge in [-0.05, 0) is 108 Å². The molecule has 0 spiro atoms. The Morgan fingerprint density at radius 3 is 0.904 bits per heavy atom. The maximum atomic E-state index is 7.44. The molecule has 0 saturated carbocycles. The molecule has 0 heterocycles. The molecular formula is C41H58O4Si7. The summed E-state index contributed by atoms with van der Waals surface area (Å²) >= 11 is 0. The normalized spacial score (nSPS) is 15.1. The summed E-state index contributed by atoms with van der Waals surface area (Å²) < 4.78 is 28.6. The summed E-state index contributed by atoms with van der Waals surface area (Å²) in [7, 11) is -14.9. The van der Waals surface area contributed by atoms with E-state index < -0.39 is 59.9 Å². The summed E-state index contributed by atoms with van der Waals surface area (Å²) in [4.78, 5) is 0. The van der Waals surface area contributed by atoms with E-state index in [1.54, 1.807) is 0 Å². The van der Waals surface area contributed by atoms with Gasteiger partial charge in [0.25, 0.3) is 0 Å². The molecule has 0 aliphatic heterocycles. The third-order valence-corrected chi connectivity index (χ3v) is 35.9. The molecule has 5 aromatic rings. The average molecular weight is 812 g/mol. The molecule has 0 saturated heterocycles. The van der Waals surface area contributed by atoms with Gasteiger partial charge in [-0.25, -0.2) is 0 Å². The Hall–Kier alpha value is -2.54. The van der Waals surface area contributed by atoms with E-state index in [4.69, 9.17) is 16.5 Å². The van der Waals surface area contributed by atoms with Crippen molar-refractivity contribution in [2.45, 2.75) is 72.0 Å². The molecule has 274 valence electrons. The van der Waals surface area contributed by atoms with E-state index in [0.717, 1.165) is 0 Å². The minimum absolute atomic E-state index is 1.17. The third kappa shape index (κ3) is 9.95. The Bertz CT molecular complexity index is 1750. The van der Waals surface area contributed by atoms with Gasteiger partial charge in [-0.15, -0.1) is 0 Å². The highest BCUT2D eigenvalue weighted by atomic mass is 28.5. The van der Waals surface area contributed by atoms with Gasteiger partial charge in [-0.1, -0.05) is 140 Å². The number of benzene rings is 5. The first-order chi connectivity index (χ1) is 24.4. The van der Waals surface area contributed by atoms with Crippen molar-refractivity contribution in [3.05, 3.63) is 140 Å². The fourth-order valence-electron chi connectivity index (χ4n) is 7.12. The summed E-state index contributed by atoms with van der Waals surface area (Å²) in [6.07, 6.45) is 0. The Kier molecular flexibility index (Phi) is 12.9. The SMILES string of the molecule is C[SiH](O[Si](C)(C)c1ccc([Si](C)(C)O[Si](C)(O[Si](C)(C)c2ccc([Si](C)(C)O[SiH](C)c3ccccc3)cc2)c2ccccc2)cc1)c1ccccc1. The molecule has 0 N–H and O–H groups in total. The van der Waals surface area contributed by atoms with Crippen LogP contribution in [0.15, 0.2) is 140 Å². The highest BCUT2D eigenvalue weighted by Crippen LogP contribution is 2.22. The molecule has 5 rings (SSSR count). The molecule has 2 unspecified atom stereocenters. The standard InChI is InChI=1S/C41H58O4Si7/c1-46(35-21-15-12-16-22-35)42-48(3,4)37-27-31-39(32-28-37)50(7,8)44-52(11,41-25-19-14-20-26-41)45-51(9,10)40-33-29-38(30-34-40)49(5,6)43-47(2)36-23-17-13-18-24-36/h12-34,46-47H,1-11H3. The van der Waals surface area contributed by atoms with Gasteiger partial charge in [0.2, 0.25) is 33.3 Å². The second-order valence-electron chi connectivity index (χ2n) is 16.1. The lowest BCUT2D eigenvalue weighted by Gasteiger charge is -2.41. The third-order valence-electron chi connectivity index (χ3n) is 10.2. The topological polar surface area (TPSA) is 36.9 Å². The van der Waals surface area contributed by atoms with Gasteiger partial charge in [0.15, 0.2) is 18.1 Å². The monoisotopic (exact) mass is 810 g/mol. The molecule has 11 heteroatoms. The van der Waals surface area contributed by atoms with Crippen LogP contribution in [0, 0.1) is 0 Å². The van der Waals surface area contributed by atoms with Crippen molar-refractivity contribution in [2.24, 2.45) is 0 Å². The lowest BCUT2D eigenvalue weighted by Crippen LogP contribution is -2.66. The molecule has 4 nitrogen and oxygen atoms in total. The van der Waals surface area contributed by atoms with Gasteiger partial charge in [0, 0.05) is 0 Å². The zero-order chi connectivity index (χ0) is 37.8. The van der Waals surface area contributed by atoms with Crippen LogP contribution in [0.2, 0.25) is 72.0 Å². The van der Waals surface area contributed by atoms with Crippen molar-refractivity contribution < 1.29 is 16.5 Å². The largest absolute Gasteiger partial charge is 0.451 e. The van der Waals surface area contributed by atoms with Crippen molar-refractivity contribution in [1.29, 1.82) is 0 Å². The van der Waals surface area contributed by atoms with E-state index in [9.17, 15) is 0 Å². The lowest BCUT2D eigenvalue weighted by molar-refractivity contribution is 0.410. The zero-order valence-corrected chi connectivity index (χ0v) is 40.4. The maximum absolute atomic E-state index is 7.44. The first-order valence-electron chi connectivity index (χ1n) is 18.6. The first-order valence-corrected chi connectivity index (χ1v) is 36.9. The average Bonchev–Trinajstić information content (AvgIpc) is 3.12. The van der Waals surface area contributed by atoms with Crippen LogP contribution in [-0.4, -0.2) is 59.9 Å². The van der Waals surface area contributed by atoms with Crippen LogP contribution in [0.5, 0.6) is 0 Å². The highest BCUT2D eigenvalue weighted by Gasteiger charge is 2.46. The molecule has 0 fully saturated rings. The molecule has 52 heavy (non-hydrogen) atoms. The number of rotatable bonds is 15. The smallest absolute Gasteiger partial charge is 0.349 e. The summed E-state index contributed by atoms with van der Waals surface area (Å²) in [5, 5.41) is 9.07. The predicted molar refractivity (Wildman–Crippen MR) is 242 cm³/mol. The van der Waals surface area contributed by atoms with Crippen LogP contribution < -0.4 is 36.3 Å². The quantitative estimate of drug-likeness (QED) is 0.129. The van der Waals surface area contributed by atoms with Crippen LogP contribution in [-0.2, 0) is 16.5 Å². The zero-order valence-electron chi connectivity index (χ0n) is 33.1. The van der Waals surface area contributed by atoms with E-state index >= 15 is 0 Å². The molecule has 0 aliphatic rings. The molecule has 0 radical (unpaired) electrons. The van der Waals surface area contributed by atoms with Crippen LogP contribution in [0.4, 0.5) is 0 Å². The minimum Gasteiger partial charge on any atom is -0.451 e. The second kappa shape index (κ2) is 16.4. The van der Waals surface area contributed by atoms with Gasteiger partial charge in [0.1, 0.15) is 0 Å². The lowest BCUT2D eigenvalue weighted by atomic mass is 10.4. The Labute approximate surface area is 322 Å².